The molecule has 5 aromatic rings. The summed E-state index contributed by atoms with van der Waals surface area (Å²) in [5.74, 6) is -0.540. The Balaban J connectivity index is 1.71. The van der Waals surface area contributed by atoms with Crippen LogP contribution in [0.1, 0.15) is 11.1 Å². The SMILES string of the molecule is O=c1c2sccc2n2c(=O)n(Cc3ccc(F)cc3)nc2n1Cc1ccc(F)cc1. The molecule has 6 nitrogen and oxygen atoms in total. The van der Waals surface area contributed by atoms with Crippen molar-refractivity contribution in [1.82, 2.24) is 18.7 Å². The summed E-state index contributed by atoms with van der Waals surface area (Å²) >= 11 is 1.25. The van der Waals surface area contributed by atoms with Crippen LogP contribution in [-0.2, 0) is 13.1 Å². The third kappa shape index (κ3) is 3.03. The monoisotopic (exact) mass is 424 g/mol. The van der Waals surface area contributed by atoms with Crippen LogP contribution in [-0.4, -0.2) is 18.7 Å². The second-order valence-corrected chi connectivity index (χ2v) is 7.77. The molecular weight excluding hydrogens is 410 g/mol. The number of benzene rings is 2. The van der Waals surface area contributed by atoms with E-state index in [4.69, 9.17) is 0 Å². The highest BCUT2D eigenvalue weighted by Crippen LogP contribution is 2.18. The number of hydrogen-bond acceptors (Lipinski definition) is 4. The third-order valence-corrected chi connectivity index (χ3v) is 5.78. The average molecular weight is 424 g/mol. The van der Waals surface area contributed by atoms with Crippen LogP contribution >= 0.6 is 11.3 Å². The highest BCUT2D eigenvalue weighted by molar-refractivity contribution is 7.17. The molecule has 3 heterocycles. The van der Waals surface area contributed by atoms with Crippen LogP contribution in [0.15, 0.2) is 69.6 Å². The minimum Gasteiger partial charge on any atom is -0.271 e. The standard InChI is InChI=1S/C21H14F2N4O2S/c22-15-5-1-13(2-6-15)11-25-19(28)18-17(9-10-30-18)27-20(25)24-26(21(27)29)12-14-3-7-16(23)8-4-14/h1-10H,11-12H2. The molecule has 0 aliphatic carbocycles. The first-order valence-corrected chi connectivity index (χ1v) is 9.98. The van der Waals surface area contributed by atoms with Crippen LogP contribution in [0.3, 0.4) is 0 Å². The van der Waals surface area contributed by atoms with Crippen molar-refractivity contribution in [3.63, 3.8) is 0 Å². The lowest BCUT2D eigenvalue weighted by molar-refractivity contribution is 0.621. The molecule has 2 aromatic carbocycles. The molecule has 0 aliphatic heterocycles. The quantitative estimate of drug-likeness (QED) is 0.445. The van der Waals surface area contributed by atoms with E-state index >= 15 is 0 Å². The fraction of sp³-hybridized carbons (Fsp3) is 0.0952. The van der Waals surface area contributed by atoms with Crippen LogP contribution < -0.4 is 11.2 Å². The van der Waals surface area contributed by atoms with Gasteiger partial charge in [0.1, 0.15) is 16.3 Å². The largest absolute Gasteiger partial charge is 0.352 e. The molecule has 3 aromatic heterocycles. The van der Waals surface area contributed by atoms with Crippen molar-refractivity contribution in [3.05, 3.63) is 104 Å². The normalized spacial score (nSPS) is 11.5. The predicted octanol–water partition coefficient (Wildman–Crippen LogP) is 3.25. The molecule has 0 aliphatic rings. The number of thiophene rings is 1. The molecule has 0 bridgehead atoms. The Morgan fingerprint density at radius 1 is 0.833 bits per heavy atom. The van der Waals surface area contributed by atoms with E-state index in [2.05, 4.69) is 5.10 Å². The summed E-state index contributed by atoms with van der Waals surface area (Å²) in [4.78, 5) is 26.2. The zero-order chi connectivity index (χ0) is 20.8. The Hall–Kier alpha value is -3.59. The maximum atomic E-state index is 13.3. The van der Waals surface area contributed by atoms with Gasteiger partial charge in [-0.05, 0) is 46.8 Å². The second kappa shape index (κ2) is 7.03. The Morgan fingerprint density at radius 3 is 2.07 bits per heavy atom. The summed E-state index contributed by atoms with van der Waals surface area (Å²) in [5, 5.41) is 6.15. The summed E-state index contributed by atoms with van der Waals surface area (Å²) in [5.41, 5.74) is 1.24. The number of nitrogens with zero attached hydrogens (tertiary/aromatic N) is 4. The van der Waals surface area contributed by atoms with Gasteiger partial charge in [-0.2, -0.15) is 0 Å². The van der Waals surface area contributed by atoms with Crippen molar-refractivity contribution >= 4 is 27.3 Å². The minimum absolute atomic E-state index is 0.136. The molecule has 0 saturated heterocycles. The summed E-state index contributed by atoms with van der Waals surface area (Å²) in [7, 11) is 0. The smallest absolute Gasteiger partial charge is 0.271 e. The second-order valence-electron chi connectivity index (χ2n) is 6.85. The molecule has 30 heavy (non-hydrogen) atoms. The third-order valence-electron chi connectivity index (χ3n) is 4.89. The van der Waals surface area contributed by atoms with E-state index in [0.29, 0.717) is 21.3 Å². The summed E-state index contributed by atoms with van der Waals surface area (Å²) in [6.07, 6.45) is 0. The predicted molar refractivity (Wildman–Crippen MR) is 110 cm³/mol. The van der Waals surface area contributed by atoms with Gasteiger partial charge in [-0.15, -0.1) is 16.4 Å². The van der Waals surface area contributed by atoms with Crippen LogP contribution in [0.5, 0.6) is 0 Å². The highest BCUT2D eigenvalue weighted by atomic mass is 32.1. The van der Waals surface area contributed by atoms with Gasteiger partial charge in [0.2, 0.25) is 5.78 Å². The van der Waals surface area contributed by atoms with Crippen molar-refractivity contribution in [2.24, 2.45) is 0 Å². The van der Waals surface area contributed by atoms with E-state index < -0.39 is 5.69 Å². The van der Waals surface area contributed by atoms with Gasteiger partial charge >= 0.3 is 5.69 Å². The Labute approximate surface area is 171 Å². The van der Waals surface area contributed by atoms with Gasteiger partial charge in [-0.3, -0.25) is 9.36 Å². The fourth-order valence-electron chi connectivity index (χ4n) is 3.41. The fourth-order valence-corrected chi connectivity index (χ4v) is 4.24. The van der Waals surface area contributed by atoms with Gasteiger partial charge in [-0.25, -0.2) is 22.7 Å². The van der Waals surface area contributed by atoms with Gasteiger partial charge in [0.25, 0.3) is 5.56 Å². The Kier molecular flexibility index (Phi) is 4.32. The molecule has 150 valence electrons. The molecule has 9 heteroatoms. The number of fused-ring (bicyclic) bond motifs is 3. The van der Waals surface area contributed by atoms with Crippen molar-refractivity contribution < 1.29 is 8.78 Å². The number of hydrogen-bond donors (Lipinski definition) is 0. The van der Waals surface area contributed by atoms with E-state index in [0.717, 1.165) is 0 Å². The lowest BCUT2D eigenvalue weighted by atomic mass is 10.2. The first-order valence-electron chi connectivity index (χ1n) is 9.10. The van der Waals surface area contributed by atoms with Gasteiger partial charge in [0, 0.05) is 0 Å². The molecule has 0 amide bonds. The van der Waals surface area contributed by atoms with Crippen molar-refractivity contribution in [2.45, 2.75) is 13.1 Å². The molecule has 0 saturated carbocycles. The van der Waals surface area contributed by atoms with Crippen molar-refractivity contribution in [2.75, 3.05) is 0 Å². The molecule has 5 rings (SSSR count). The van der Waals surface area contributed by atoms with Gasteiger partial charge in [-0.1, -0.05) is 24.3 Å². The molecular formula is C21H14F2N4O2S. The highest BCUT2D eigenvalue weighted by Gasteiger charge is 2.18. The maximum absolute atomic E-state index is 13.3. The van der Waals surface area contributed by atoms with E-state index in [1.807, 2.05) is 0 Å². The summed E-state index contributed by atoms with van der Waals surface area (Å²) in [6, 6.07) is 13.3. The molecule has 0 atom stereocenters. The Morgan fingerprint density at radius 2 is 1.43 bits per heavy atom. The first kappa shape index (κ1) is 18.4. The van der Waals surface area contributed by atoms with Gasteiger partial charge in [0.15, 0.2) is 0 Å². The number of aromatic nitrogens is 4. The summed E-state index contributed by atoms with van der Waals surface area (Å²) in [6.45, 7) is 0.278. The van der Waals surface area contributed by atoms with Crippen molar-refractivity contribution in [1.29, 1.82) is 0 Å². The molecule has 0 N–H and O–H groups in total. The molecule has 0 spiro atoms. The summed E-state index contributed by atoms with van der Waals surface area (Å²) < 4.78 is 31.0. The zero-order valence-corrected chi connectivity index (χ0v) is 16.3. The first-order chi connectivity index (χ1) is 14.5. The lowest BCUT2D eigenvalue weighted by Gasteiger charge is -2.08. The van der Waals surface area contributed by atoms with Gasteiger partial charge in [0.05, 0.1) is 18.6 Å². The van der Waals surface area contributed by atoms with Crippen LogP contribution in [0.2, 0.25) is 0 Å². The van der Waals surface area contributed by atoms with E-state index in [9.17, 15) is 18.4 Å². The number of rotatable bonds is 4. The minimum atomic E-state index is -0.398. The molecule has 0 unspecified atom stereocenters. The average Bonchev–Trinajstić information content (AvgIpc) is 3.34. The van der Waals surface area contributed by atoms with Crippen LogP contribution in [0.25, 0.3) is 16.0 Å². The molecule has 0 radical (unpaired) electrons. The number of halogens is 2. The maximum Gasteiger partial charge on any atom is 0.352 e. The zero-order valence-electron chi connectivity index (χ0n) is 15.5. The van der Waals surface area contributed by atoms with E-state index in [1.54, 1.807) is 35.7 Å². The molecule has 0 fully saturated rings. The van der Waals surface area contributed by atoms with Crippen LogP contribution in [0, 0.1) is 11.6 Å². The van der Waals surface area contributed by atoms with Crippen molar-refractivity contribution in [3.8, 4) is 0 Å². The van der Waals surface area contributed by atoms with Crippen LogP contribution in [0.4, 0.5) is 8.78 Å². The Bertz CT molecular complexity index is 1500. The van der Waals surface area contributed by atoms with E-state index in [-0.39, 0.29) is 36.1 Å². The lowest BCUT2D eigenvalue weighted by Crippen LogP contribution is -2.26. The van der Waals surface area contributed by atoms with E-state index in [1.165, 1.54) is 49.3 Å². The van der Waals surface area contributed by atoms with Gasteiger partial charge < -0.3 is 0 Å². The topological polar surface area (TPSA) is 61.3 Å².